The second-order valence-corrected chi connectivity index (χ2v) is 6.46. The molecule has 0 bridgehead atoms. The van der Waals surface area contributed by atoms with Gasteiger partial charge < -0.3 is 10.1 Å². The summed E-state index contributed by atoms with van der Waals surface area (Å²) in [4.78, 5) is 0. The molecule has 0 spiro atoms. The molecule has 0 aliphatic rings. The highest BCUT2D eigenvalue weighted by Crippen LogP contribution is 2.33. The number of fused-ring (bicyclic) bond motifs is 1. The number of aryl methyl sites for hydroxylation is 1. The Morgan fingerprint density at radius 3 is 2.19 bits per heavy atom. The van der Waals surface area contributed by atoms with E-state index < -0.39 is 0 Å². The summed E-state index contributed by atoms with van der Waals surface area (Å²) in [5.74, 6) is 0.868. The van der Waals surface area contributed by atoms with Gasteiger partial charge in [0.2, 0.25) is 0 Å². The van der Waals surface area contributed by atoms with Crippen LogP contribution in [0.25, 0.3) is 21.9 Å². The molecule has 2 heteroatoms. The van der Waals surface area contributed by atoms with Crippen molar-refractivity contribution in [3.63, 3.8) is 0 Å². The van der Waals surface area contributed by atoms with Crippen molar-refractivity contribution in [3.8, 4) is 16.9 Å². The summed E-state index contributed by atoms with van der Waals surface area (Å²) in [5.41, 5.74) is 5.81. The minimum absolute atomic E-state index is 0.868. The van der Waals surface area contributed by atoms with E-state index in [0.29, 0.717) is 0 Å². The van der Waals surface area contributed by atoms with Gasteiger partial charge in [-0.2, -0.15) is 0 Å². The number of anilines is 2. The lowest BCUT2D eigenvalue weighted by molar-refractivity contribution is 0.415. The average Bonchev–Trinajstić information content (AvgIpc) is 2.69. The zero-order valence-electron chi connectivity index (χ0n) is 15.0. The van der Waals surface area contributed by atoms with Gasteiger partial charge in [0.25, 0.3) is 0 Å². The molecule has 26 heavy (non-hydrogen) atoms. The third-order valence-electron chi connectivity index (χ3n) is 4.62. The summed E-state index contributed by atoms with van der Waals surface area (Å²) in [6.45, 7) is 2.10. The molecule has 0 unspecified atom stereocenters. The first-order valence-electron chi connectivity index (χ1n) is 8.74. The zero-order chi connectivity index (χ0) is 17.9. The van der Waals surface area contributed by atoms with Crippen LogP contribution < -0.4 is 10.1 Å². The van der Waals surface area contributed by atoms with Gasteiger partial charge in [0, 0.05) is 16.8 Å². The molecule has 4 aromatic carbocycles. The Hall–Kier alpha value is -3.26. The molecule has 0 heterocycles. The molecular formula is C24H21NO. The predicted molar refractivity (Wildman–Crippen MR) is 110 cm³/mol. The van der Waals surface area contributed by atoms with Crippen LogP contribution in [0.2, 0.25) is 0 Å². The summed E-state index contributed by atoms with van der Waals surface area (Å²) in [6.07, 6.45) is 0. The van der Waals surface area contributed by atoms with Crippen LogP contribution in [0.4, 0.5) is 11.4 Å². The normalized spacial score (nSPS) is 10.7. The molecule has 0 atom stereocenters. The highest BCUT2D eigenvalue weighted by molar-refractivity contribution is 5.99. The Bertz CT molecular complexity index is 1030. The van der Waals surface area contributed by atoms with Gasteiger partial charge in [0.05, 0.1) is 7.11 Å². The summed E-state index contributed by atoms with van der Waals surface area (Å²) in [6, 6.07) is 29.6. The van der Waals surface area contributed by atoms with Crippen molar-refractivity contribution >= 4 is 22.1 Å². The van der Waals surface area contributed by atoms with E-state index in [0.717, 1.165) is 17.1 Å². The topological polar surface area (TPSA) is 21.3 Å². The van der Waals surface area contributed by atoms with Crippen LogP contribution in [0, 0.1) is 6.92 Å². The largest absolute Gasteiger partial charge is 0.497 e. The molecule has 0 radical (unpaired) electrons. The third kappa shape index (κ3) is 3.27. The van der Waals surface area contributed by atoms with Crippen LogP contribution in [0.3, 0.4) is 0 Å². The molecule has 1 N–H and O–H groups in total. The van der Waals surface area contributed by atoms with Gasteiger partial charge >= 0.3 is 0 Å². The Morgan fingerprint density at radius 2 is 1.46 bits per heavy atom. The lowest BCUT2D eigenvalue weighted by atomic mass is 9.99. The highest BCUT2D eigenvalue weighted by atomic mass is 16.5. The van der Waals surface area contributed by atoms with Crippen molar-refractivity contribution in [2.45, 2.75) is 6.92 Å². The van der Waals surface area contributed by atoms with Crippen LogP contribution in [0.15, 0.2) is 84.9 Å². The summed E-state index contributed by atoms with van der Waals surface area (Å²) < 4.78 is 5.28. The molecule has 0 amide bonds. The average molecular weight is 339 g/mol. The number of benzene rings is 4. The van der Waals surface area contributed by atoms with E-state index in [2.05, 4.69) is 85.0 Å². The molecular weight excluding hydrogens is 318 g/mol. The second-order valence-electron chi connectivity index (χ2n) is 6.46. The first-order valence-corrected chi connectivity index (χ1v) is 8.74. The highest BCUT2D eigenvalue weighted by Gasteiger charge is 2.07. The van der Waals surface area contributed by atoms with E-state index >= 15 is 0 Å². The summed E-state index contributed by atoms with van der Waals surface area (Å²) in [5, 5.41) is 6.01. The maximum Gasteiger partial charge on any atom is 0.118 e. The monoisotopic (exact) mass is 339 g/mol. The fourth-order valence-corrected chi connectivity index (χ4v) is 3.16. The second kappa shape index (κ2) is 6.93. The summed E-state index contributed by atoms with van der Waals surface area (Å²) >= 11 is 0. The number of hydrogen-bond acceptors (Lipinski definition) is 2. The Balaban J connectivity index is 1.80. The van der Waals surface area contributed by atoms with E-state index in [9.17, 15) is 0 Å². The van der Waals surface area contributed by atoms with Gasteiger partial charge in [-0.25, -0.2) is 0 Å². The Kier molecular flexibility index (Phi) is 4.32. The third-order valence-corrected chi connectivity index (χ3v) is 4.62. The standard InChI is InChI=1S/C24H21NO/c1-17-7-11-21(12-8-17)25-24-16-20(15-19-5-3-4-6-23(19)24)18-9-13-22(26-2)14-10-18/h3-16,25H,1-2H3. The minimum Gasteiger partial charge on any atom is -0.497 e. The minimum atomic E-state index is 0.868. The molecule has 128 valence electrons. The van der Waals surface area contributed by atoms with Gasteiger partial charge in [-0.3, -0.25) is 0 Å². The van der Waals surface area contributed by atoms with Gasteiger partial charge in [0.15, 0.2) is 0 Å². The fourth-order valence-electron chi connectivity index (χ4n) is 3.16. The maximum atomic E-state index is 5.28. The number of ether oxygens (including phenoxy) is 1. The SMILES string of the molecule is COc1ccc(-c2cc(Nc3ccc(C)cc3)c3ccccc3c2)cc1. The number of nitrogens with one attached hydrogen (secondary N) is 1. The molecule has 0 fully saturated rings. The van der Waals surface area contributed by atoms with Gasteiger partial charge in [0.1, 0.15) is 5.75 Å². The smallest absolute Gasteiger partial charge is 0.118 e. The van der Waals surface area contributed by atoms with Crippen molar-refractivity contribution in [2.24, 2.45) is 0 Å². The van der Waals surface area contributed by atoms with Crippen LogP contribution in [-0.4, -0.2) is 7.11 Å². The molecule has 0 saturated carbocycles. The van der Waals surface area contributed by atoms with Crippen molar-refractivity contribution in [1.82, 2.24) is 0 Å². The van der Waals surface area contributed by atoms with Crippen molar-refractivity contribution in [3.05, 3.63) is 90.5 Å². The molecule has 2 nitrogen and oxygen atoms in total. The van der Waals surface area contributed by atoms with E-state index in [1.54, 1.807) is 7.11 Å². The molecule has 0 aliphatic heterocycles. The maximum absolute atomic E-state index is 5.28. The van der Waals surface area contributed by atoms with Crippen LogP contribution >= 0.6 is 0 Å². The van der Waals surface area contributed by atoms with Crippen LogP contribution in [-0.2, 0) is 0 Å². The van der Waals surface area contributed by atoms with Crippen LogP contribution in [0.5, 0.6) is 5.75 Å². The van der Waals surface area contributed by atoms with Gasteiger partial charge in [-0.05, 0) is 59.8 Å². The van der Waals surface area contributed by atoms with Crippen LogP contribution in [0.1, 0.15) is 5.56 Å². The van der Waals surface area contributed by atoms with E-state index in [1.807, 2.05) is 12.1 Å². The first-order chi connectivity index (χ1) is 12.7. The van der Waals surface area contributed by atoms with E-state index in [-0.39, 0.29) is 0 Å². The Morgan fingerprint density at radius 1 is 0.731 bits per heavy atom. The fraction of sp³-hybridized carbons (Fsp3) is 0.0833. The van der Waals surface area contributed by atoms with E-state index in [1.165, 1.54) is 27.5 Å². The van der Waals surface area contributed by atoms with E-state index in [4.69, 9.17) is 4.74 Å². The first kappa shape index (κ1) is 16.2. The predicted octanol–water partition coefficient (Wildman–Crippen LogP) is 6.57. The molecule has 0 aliphatic carbocycles. The Labute approximate surface area is 154 Å². The molecule has 0 saturated heterocycles. The van der Waals surface area contributed by atoms with Gasteiger partial charge in [-0.15, -0.1) is 0 Å². The number of rotatable bonds is 4. The molecule has 4 rings (SSSR count). The van der Waals surface area contributed by atoms with Crippen molar-refractivity contribution in [1.29, 1.82) is 0 Å². The van der Waals surface area contributed by atoms with Crippen molar-refractivity contribution < 1.29 is 4.74 Å². The number of hydrogen-bond donors (Lipinski definition) is 1. The molecule has 4 aromatic rings. The van der Waals surface area contributed by atoms with Crippen molar-refractivity contribution in [2.75, 3.05) is 12.4 Å². The lowest BCUT2D eigenvalue weighted by Crippen LogP contribution is -1.93. The zero-order valence-corrected chi connectivity index (χ0v) is 15.0. The number of methoxy groups -OCH3 is 1. The summed E-state index contributed by atoms with van der Waals surface area (Å²) in [7, 11) is 1.69. The lowest BCUT2D eigenvalue weighted by Gasteiger charge is -2.13. The quantitative estimate of drug-likeness (QED) is 0.454. The van der Waals surface area contributed by atoms with Gasteiger partial charge in [-0.1, -0.05) is 54.1 Å². The molecule has 0 aromatic heterocycles.